The molecule has 0 aliphatic heterocycles. The van der Waals surface area contributed by atoms with E-state index < -0.39 is 11.6 Å². The van der Waals surface area contributed by atoms with Crippen LogP contribution in [0.2, 0.25) is 5.15 Å². The van der Waals surface area contributed by atoms with Crippen molar-refractivity contribution in [2.75, 3.05) is 16.8 Å². The van der Waals surface area contributed by atoms with Crippen molar-refractivity contribution in [3.63, 3.8) is 0 Å². The van der Waals surface area contributed by atoms with Crippen molar-refractivity contribution in [1.29, 1.82) is 0 Å². The minimum atomic E-state index is -0.633. The van der Waals surface area contributed by atoms with Crippen LogP contribution in [0.15, 0.2) is 23.4 Å². The molecule has 0 unspecified atom stereocenters. The lowest BCUT2D eigenvalue weighted by Gasteiger charge is -2.11. The maximum absolute atomic E-state index is 13.6. The van der Waals surface area contributed by atoms with Gasteiger partial charge in [-0.15, -0.1) is 0 Å². The third-order valence-corrected chi connectivity index (χ3v) is 4.12. The van der Waals surface area contributed by atoms with Gasteiger partial charge in [0, 0.05) is 23.9 Å². The molecule has 1 aromatic carbocycles. The molecule has 1 heterocycles. The van der Waals surface area contributed by atoms with Gasteiger partial charge < -0.3 is 11.1 Å². The topological polar surface area (TPSA) is 63.8 Å². The number of nitrogen functional groups attached to an aromatic ring is 1. The molecule has 0 radical (unpaired) electrons. The van der Waals surface area contributed by atoms with Crippen LogP contribution in [0.1, 0.15) is 18.9 Å². The number of rotatable bonds is 6. The summed E-state index contributed by atoms with van der Waals surface area (Å²) in [5, 5.41) is 3.56. The Morgan fingerprint density at radius 3 is 2.77 bits per heavy atom. The monoisotopic (exact) mass is 344 g/mol. The Hall–Kier alpha value is -1.60. The standard InChI is InChI=1S/C14H15ClF2N4S/c1-2-5-22-14-20-12(15)11(18)13(21-14)19-7-8-3-4-9(16)6-10(8)17/h3-4,6H,2,5,7,18H2,1H3,(H,19,20,21). The number of thioether (sulfide) groups is 1. The SMILES string of the molecule is CCCSc1nc(Cl)c(N)c(NCc2ccc(F)cc2F)n1. The van der Waals surface area contributed by atoms with E-state index in [9.17, 15) is 8.78 Å². The van der Waals surface area contributed by atoms with E-state index in [4.69, 9.17) is 17.3 Å². The smallest absolute Gasteiger partial charge is 0.191 e. The number of aromatic nitrogens is 2. The second-order valence-electron chi connectivity index (χ2n) is 4.50. The van der Waals surface area contributed by atoms with Crippen LogP contribution in [0.4, 0.5) is 20.3 Å². The Morgan fingerprint density at radius 2 is 2.09 bits per heavy atom. The lowest BCUT2D eigenvalue weighted by Crippen LogP contribution is -2.08. The summed E-state index contributed by atoms with van der Waals surface area (Å²) >= 11 is 7.44. The molecule has 0 aliphatic rings. The summed E-state index contributed by atoms with van der Waals surface area (Å²) in [6.45, 7) is 2.16. The zero-order chi connectivity index (χ0) is 16.1. The minimum Gasteiger partial charge on any atom is -0.393 e. The molecule has 3 N–H and O–H groups in total. The van der Waals surface area contributed by atoms with Crippen LogP contribution in [0.25, 0.3) is 0 Å². The molecule has 8 heteroatoms. The van der Waals surface area contributed by atoms with Crippen molar-refractivity contribution in [2.45, 2.75) is 25.0 Å². The normalized spacial score (nSPS) is 10.7. The van der Waals surface area contributed by atoms with E-state index in [2.05, 4.69) is 15.3 Å². The van der Waals surface area contributed by atoms with Gasteiger partial charge in [0.05, 0.1) is 0 Å². The van der Waals surface area contributed by atoms with E-state index in [1.807, 2.05) is 6.92 Å². The first-order valence-electron chi connectivity index (χ1n) is 6.65. The fourth-order valence-electron chi connectivity index (χ4n) is 1.66. The molecule has 2 rings (SSSR count). The Morgan fingerprint density at radius 1 is 1.32 bits per heavy atom. The van der Waals surface area contributed by atoms with Gasteiger partial charge in [0.2, 0.25) is 0 Å². The molecule has 1 aromatic heterocycles. The number of nitrogens with zero attached hydrogens (tertiary/aromatic N) is 2. The first-order valence-corrected chi connectivity index (χ1v) is 8.01. The van der Waals surface area contributed by atoms with Gasteiger partial charge in [-0.25, -0.2) is 18.7 Å². The Labute approximate surface area is 136 Å². The van der Waals surface area contributed by atoms with E-state index in [0.29, 0.717) is 16.5 Å². The van der Waals surface area contributed by atoms with Crippen molar-refractivity contribution < 1.29 is 8.78 Å². The lowest BCUT2D eigenvalue weighted by molar-refractivity contribution is 0.574. The van der Waals surface area contributed by atoms with E-state index in [1.54, 1.807) is 0 Å². The number of hydrogen-bond acceptors (Lipinski definition) is 5. The average Bonchev–Trinajstić information content (AvgIpc) is 2.48. The highest BCUT2D eigenvalue weighted by molar-refractivity contribution is 7.99. The number of halogens is 3. The van der Waals surface area contributed by atoms with E-state index in [1.165, 1.54) is 23.9 Å². The molecule has 0 aliphatic carbocycles. The molecular formula is C14H15ClF2N4S. The number of hydrogen-bond donors (Lipinski definition) is 2. The summed E-state index contributed by atoms with van der Waals surface area (Å²) in [5.74, 6) is -0.0649. The van der Waals surface area contributed by atoms with Gasteiger partial charge in [-0.1, -0.05) is 36.4 Å². The molecule has 0 bridgehead atoms. The van der Waals surface area contributed by atoms with Crippen LogP contribution >= 0.6 is 23.4 Å². The maximum atomic E-state index is 13.6. The average molecular weight is 345 g/mol. The zero-order valence-electron chi connectivity index (χ0n) is 11.9. The van der Waals surface area contributed by atoms with Crippen LogP contribution < -0.4 is 11.1 Å². The van der Waals surface area contributed by atoms with Gasteiger partial charge in [0.25, 0.3) is 0 Å². The Kier molecular flexibility index (Phi) is 5.79. The molecular weight excluding hydrogens is 330 g/mol. The van der Waals surface area contributed by atoms with Gasteiger partial charge in [0.15, 0.2) is 16.1 Å². The van der Waals surface area contributed by atoms with Gasteiger partial charge in [-0.05, 0) is 12.5 Å². The number of anilines is 2. The Balaban J connectivity index is 2.16. The predicted molar refractivity (Wildman–Crippen MR) is 86.2 cm³/mol. The largest absolute Gasteiger partial charge is 0.393 e. The number of nitrogens with one attached hydrogen (secondary N) is 1. The molecule has 22 heavy (non-hydrogen) atoms. The first-order chi connectivity index (χ1) is 10.5. The second-order valence-corrected chi connectivity index (χ2v) is 5.92. The third kappa shape index (κ3) is 4.20. The fraction of sp³-hybridized carbons (Fsp3) is 0.286. The molecule has 118 valence electrons. The van der Waals surface area contributed by atoms with Crippen molar-refractivity contribution >= 4 is 34.9 Å². The first kappa shape index (κ1) is 16.8. The van der Waals surface area contributed by atoms with Crippen molar-refractivity contribution in [1.82, 2.24) is 9.97 Å². The molecule has 0 amide bonds. The molecule has 0 saturated heterocycles. The van der Waals surface area contributed by atoms with Crippen LogP contribution in [0.5, 0.6) is 0 Å². The van der Waals surface area contributed by atoms with Gasteiger partial charge in [0.1, 0.15) is 17.3 Å². The highest BCUT2D eigenvalue weighted by Crippen LogP contribution is 2.28. The van der Waals surface area contributed by atoms with E-state index in [0.717, 1.165) is 18.2 Å². The summed E-state index contributed by atoms with van der Waals surface area (Å²) in [7, 11) is 0. The Bertz CT molecular complexity index is 670. The van der Waals surface area contributed by atoms with Crippen LogP contribution in [0.3, 0.4) is 0 Å². The van der Waals surface area contributed by atoms with Crippen molar-refractivity contribution in [3.05, 3.63) is 40.6 Å². The summed E-state index contributed by atoms with van der Waals surface area (Å²) in [4.78, 5) is 8.35. The molecule has 0 spiro atoms. The third-order valence-electron chi connectivity index (χ3n) is 2.78. The van der Waals surface area contributed by atoms with E-state index >= 15 is 0 Å². The van der Waals surface area contributed by atoms with Gasteiger partial charge >= 0.3 is 0 Å². The zero-order valence-corrected chi connectivity index (χ0v) is 13.4. The predicted octanol–water partition coefficient (Wildman–Crippen LogP) is 4.10. The van der Waals surface area contributed by atoms with E-state index in [-0.39, 0.29) is 17.4 Å². The quantitative estimate of drug-likeness (QED) is 0.469. The summed E-state index contributed by atoms with van der Waals surface area (Å²) in [6, 6.07) is 3.39. The van der Waals surface area contributed by atoms with Gasteiger partial charge in [-0.3, -0.25) is 0 Å². The van der Waals surface area contributed by atoms with Crippen molar-refractivity contribution in [2.24, 2.45) is 0 Å². The molecule has 0 atom stereocenters. The minimum absolute atomic E-state index is 0.113. The number of nitrogens with two attached hydrogens (primary N) is 1. The number of benzene rings is 1. The molecule has 0 saturated carbocycles. The summed E-state index contributed by atoms with van der Waals surface area (Å²) in [6.07, 6.45) is 0.972. The molecule has 2 aromatic rings. The molecule has 4 nitrogen and oxygen atoms in total. The second kappa shape index (κ2) is 7.60. The highest BCUT2D eigenvalue weighted by Gasteiger charge is 2.11. The molecule has 0 fully saturated rings. The highest BCUT2D eigenvalue weighted by atomic mass is 35.5. The fourth-order valence-corrected chi connectivity index (χ4v) is 2.58. The van der Waals surface area contributed by atoms with Gasteiger partial charge in [-0.2, -0.15) is 0 Å². The van der Waals surface area contributed by atoms with Crippen LogP contribution in [-0.2, 0) is 6.54 Å². The maximum Gasteiger partial charge on any atom is 0.191 e. The summed E-state index contributed by atoms with van der Waals surface area (Å²) in [5.41, 5.74) is 6.33. The van der Waals surface area contributed by atoms with Crippen LogP contribution in [0, 0.1) is 11.6 Å². The van der Waals surface area contributed by atoms with Crippen LogP contribution in [-0.4, -0.2) is 15.7 Å². The van der Waals surface area contributed by atoms with Crippen molar-refractivity contribution in [3.8, 4) is 0 Å². The summed E-state index contributed by atoms with van der Waals surface area (Å²) < 4.78 is 26.5. The lowest BCUT2D eigenvalue weighted by atomic mass is 10.2.